The first-order chi connectivity index (χ1) is 10.1. The summed E-state index contributed by atoms with van der Waals surface area (Å²) >= 11 is 5.08. The average Bonchev–Trinajstić information content (AvgIpc) is 2.90. The van der Waals surface area contributed by atoms with Crippen LogP contribution in [0.3, 0.4) is 0 Å². The van der Waals surface area contributed by atoms with Gasteiger partial charge in [0, 0.05) is 20.3 Å². The molecule has 1 unspecified atom stereocenters. The van der Waals surface area contributed by atoms with Crippen molar-refractivity contribution in [1.29, 1.82) is 0 Å². The van der Waals surface area contributed by atoms with E-state index in [1.807, 2.05) is 12.1 Å². The Morgan fingerprint density at radius 1 is 1.33 bits per heavy atom. The monoisotopic (exact) mass is 363 g/mol. The van der Waals surface area contributed by atoms with Crippen LogP contribution in [-0.2, 0) is 11.2 Å². The van der Waals surface area contributed by atoms with Crippen LogP contribution in [0.4, 0.5) is 5.69 Å². The highest BCUT2D eigenvalue weighted by Crippen LogP contribution is 2.36. The molecule has 21 heavy (non-hydrogen) atoms. The van der Waals surface area contributed by atoms with Gasteiger partial charge in [0.2, 0.25) is 0 Å². The minimum Gasteiger partial charge on any atom is -0.461 e. The zero-order valence-corrected chi connectivity index (χ0v) is 13.6. The maximum absolute atomic E-state index is 12.0. The number of ether oxygens (including phenoxy) is 1. The van der Waals surface area contributed by atoms with Gasteiger partial charge in [0.05, 0.1) is 5.56 Å². The van der Waals surface area contributed by atoms with E-state index in [0.29, 0.717) is 23.1 Å². The van der Waals surface area contributed by atoms with Crippen LogP contribution in [0, 0.1) is 0 Å². The summed E-state index contributed by atoms with van der Waals surface area (Å²) < 4.78 is 6.19. The molecule has 0 saturated carbocycles. The number of carbonyl (C=O) groups excluding carboxylic acids is 1. The molecule has 0 radical (unpaired) electrons. The minimum absolute atomic E-state index is 0.291. The van der Waals surface area contributed by atoms with Crippen molar-refractivity contribution in [2.75, 3.05) is 12.3 Å². The van der Waals surface area contributed by atoms with Crippen molar-refractivity contribution >= 4 is 39.3 Å². The second kappa shape index (κ2) is 6.12. The number of halogens is 1. The summed E-state index contributed by atoms with van der Waals surface area (Å²) in [6.07, 6.45) is 0.941. The lowest BCUT2D eigenvalue weighted by Crippen LogP contribution is -2.15. The van der Waals surface area contributed by atoms with Crippen molar-refractivity contribution in [3.63, 3.8) is 0 Å². The van der Waals surface area contributed by atoms with Crippen LogP contribution in [0.5, 0.6) is 0 Å². The Bertz CT molecular complexity index is 665. The molecule has 1 aliphatic heterocycles. The number of nitrogen functional groups attached to an aromatic ring is 1. The van der Waals surface area contributed by atoms with Crippen LogP contribution in [0.1, 0.15) is 15.9 Å². The number of fused-ring (bicyclic) bond motifs is 1. The molecule has 0 fully saturated rings. The molecule has 1 aliphatic rings. The number of rotatable bonds is 3. The Kier molecular flexibility index (Phi) is 4.22. The molecule has 0 bridgehead atoms. The fourth-order valence-corrected chi connectivity index (χ4v) is 3.73. The minimum atomic E-state index is -0.328. The van der Waals surface area contributed by atoms with Gasteiger partial charge in [0.15, 0.2) is 0 Å². The Labute approximate surface area is 136 Å². The highest BCUT2D eigenvalue weighted by atomic mass is 79.9. The van der Waals surface area contributed by atoms with Crippen molar-refractivity contribution < 1.29 is 9.53 Å². The number of anilines is 1. The van der Waals surface area contributed by atoms with E-state index in [9.17, 15) is 4.79 Å². The lowest BCUT2D eigenvalue weighted by molar-refractivity contribution is 0.0507. The molecule has 0 aromatic heterocycles. The highest BCUT2D eigenvalue weighted by molar-refractivity contribution is 9.10. The number of esters is 1. The largest absolute Gasteiger partial charge is 0.461 e. The van der Waals surface area contributed by atoms with Gasteiger partial charge >= 0.3 is 5.97 Å². The molecular formula is C16H14BrNO2S. The Balaban J connectivity index is 1.59. The van der Waals surface area contributed by atoms with E-state index in [0.717, 1.165) is 10.9 Å². The van der Waals surface area contributed by atoms with E-state index in [1.165, 1.54) is 10.5 Å². The number of hydrogen-bond acceptors (Lipinski definition) is 4. The van der Waals surface area contributed by atoms with Crippen molar-refractivity contribution in [3.05, 3.63) is 58.1 Å². The van der Waals surface area contributed by atoms with Crippen LogP contribution in [0.2, 0.25) is 0 Å². The number of hydrogen-bond donors (Lipinski definition) is 1. The van der Waals surface area contributed by atoms with Crippen molar-refractivity contribution in [3.8, 4) is 0 Å². The number of nitrogens with two attached hydrogens (primary N) is 1. The zero-order chi connectivity index (χ0) is 14.8. The molecule has 1 heterocycles. The molecule has 3 rings (SSSR count). The summed E-state index contributed by atoms with van der Waals surface area (Å²) in [6, 6.07) is 13.4. The second-order valence-corrected chi connectivity index (χ2v) is 7.08. The Morgan fingerprint density at radius 3 is 2.90 bits per heavy atom. The van der Waals surface area contributed by atoms with Crippen LogP contribution in [0.25, 0.3) is 0 Å². The molecule has 1 atom stereocenters. The summed E-state index contributed by atoms with van der Waals surface area (Å²) in [6.45, 7) is 0.411. The SMILES string of the molecule is Nc1cc(C(=O)OCC2Cc3ccccc3S2)ccc1Br. The van der Waals surface area contributed by atoms with Gasteiger partial charge in [-0.1, -0.05) is 18.2 Å². The van der Waals surface area contributed by atoms with Crippen molar-refractivity contribution in [2.24, 2.45) is 0 Å². The highest BCUT2D eigenvalue weighted by Gasteiger charge is 2.23. The molecule has 2 aromatic rings. The fraction of sp³-hybridized carbons (Fsp3) is 0.188. The lowest BCUT2D eigenvalue weighted by Gasteiger charge is -2.10. The zero-order valence-electron chi connectivity index (χ0n) is 11.2. The van der Waals surface area contributed by atoms with E-state index in [4.69, 9.17) is 10.5 Å². The van der Waals surface area contributed by atoms with Gasteiger partial charge in [-0.3, -0.25) is 0 Å². The van der Waals surface area contributed by atoms with Crippen LogP contribution in [0.15, 0.2) is 51.8 Å². The van der Waals surface area contributed by atoms with Gasteiger partial charge in [0.25, 0.3) is 0 Å². The third-order valence-electron chi connectivity index (χ3n) is 3.35. The van der Waals surface area contributed by atoms with Gasteiger partial charge in [-0.2, -0.15) is 0 Å². The van der Waals surface area contributed by atoms with E-state index >= 15 is 0 Å². The molecule has 2 aromatic carbocycles. The standard InChI is InChI=1S/C16H14BrNO2S/c17-13-6-5-11(8-14(13)18)16(19)20-9-12-7-10-3-1-2-4-15(10)21-12/h1-6,8,12H,7,9,18H2. The molecule has 0 amide bonds. The van der Waals surface area contributed by atoms with E-state index in [1.54, 1.807) is 30.0 Å². The predicted octanol–water partition coefficient (Wildman–Crippen LogP) is 3.91. The molecule has 108 valence electrons. The molecule has 3 nitrogen and oxygen atoms in total. The molecule has 5 heteroatoms. The van der Waals surface area contributed by atoms with Crippen molar-refractivity contribution in [2.45, 2.75) is 16.6 Å². The molecule has 0 spiro atoms. The lowest BCUT2D eigenvalue weighted by atomic mass is 10.1. The normalized spacial score (nSPS) is 16.5. The van der Waals surface area contributed by atoms with Gasteiger partial charge in [-0.25, -0.2) is 4.79 Å². The third-order valence-corrected chi connectivity index (χ3v) is 5.36. The maximum Gasteiger partial charge on any atom is 0.338 e. The summed E-state index contributed by atoms with van der Waals surface area (Å²) in [4.78, 5) is 13.3. The van der Waals surface area contributed by atoms with Crippen molar-refractivity contribution in [1.82, 2.24) is 0 Å². The summed E-state index contributed by atoms with van der Waals surface area (Å²) in [5.74, 6) is -0.328. The summed E-state index contributed by atoms with van der Waals surface area (Å²) in [7, 11) is 0. The number of thioether (sulfide) groups is 1. The molecule has 2 N–H and O–H groups in total. The first kappa shape index (κ1) is 14.5. The van der Waals surface area contributed by atoms with Gasteiger partial charge in [0.1, 0.15) is 6.61 Å². The third kappa shape index (κ3) is 3.24. The van der Waals surface area contributed by atoms with Crippen LogP contribution in [-0.4, -0.2) is 17.8 Å². The average molecular weight is 364 g/mol. The smallest absolute Gasteiger partial charge is 0.338 e. The van der Waals surface area contributed by atoms with Crippen LogP contribution < -0.4 is 5.73 Å². The topological polar surface area (TPSA) is 52.3 Å². The van der Waals surface area contributed by atoms with Gasteiger partial charge in [-0.05, 0) is 52.2 Å². The Morgan fingerprint density at radius 2 is 2.14 bits per heavy atom. The Hall–Kier alpha value is -1.46. The quantitative estimate of drug-likeness (QED) is 0.663. The van der Waals surface area contributed by atoms with E-state index in [-0.39, 0.29) is 5.97 Å². The first-order valence-corrected chi connectivity index (χ1v) is 8.27. The fourth-order valence-electron chi connectivity index (χ4n) is 2.27. The second-order valence-electron chi connectivity index (χ2n) is 4.89. The molecule has 0 aliphatic carbocycles. The molecular weight excluding hydrogens is 350 g/mol. The van der Waals surface area contributed by atoms with Crippen LogP contribution >= 0.6 is 27.7 Å². The van der Waals surface area contributed by atoms with Gasteiger partial charge in [-0.15, -0.1) is 11.8 Å². The summed E-state index contributed by atoms with van der Waals surface area (Å²) in [5.41, 5.74) is 8.12. The number of benzene rings is 2. The number of carbonyl (C=O) groups is 1. The van der Waals surface area contributed by atoms with E-state index in [2.05, 4.69) is 28.1 Å². The predicted molar refractivity (Wildman–Crippen MR) is 88.6 cm³/mol. The first-order valence-electron chi connectivity index (χ1n) is 6.60. The maximum atomic E-state index is 12.0. The summed E-state index contributed by atoms with van der Waals surface area (Å²) in [5, 5.41) is 0.291. The van der Waals surface area contributed by atoms with E-state index < -0.39 is 0 Å². The van der Waals surface area contributed by atoms with Gasteiger partial charge < -0.3 is 10.5 Å². The molecule has 0 saturated heterocycles.